The molecular formula is C22H24N4O5S2. The van der Waals surface area contributed by atoms with Crippen molar-refractivity contribution in [2.24, 2.45) is 5.92 Å². The van der Waals surface area contributed by atoms with Gasteiger partial charge >= 0.3 is 6.09 Å². The van der Waals surface area contributed by atoms with Crippen LogP contribution in [0.1, 0.15) is 29.6 Å². The summed E-state index contributed by atoms with van der Waals surface area (Å²) in [6.45, 7) is 1.15. The molecule has 1 saturated carbocycles. The van der Waals surface area contributed by atoms with Crippen LogP contribution in [-0.4, -0.2) is 69.3 Å². The highest BCUT2D eigenvalue weighted by molar-refractivity contribution is 8.00. The van der Waals surface area contributed by atoms with E-state index in [-0.39, 0.29) is 23.1 Å². The number of carbonyl (C=O) groups excluding carboxylic acids is 2. The zero-order valence-electron chi connectivity index (χ0n) is 17.7. The van der Waals surface area contributed by atoms with Crippen LogP contribution in [-0.2, 0) is 9.53 Å². The Morgan fingerprint density at radius 2 is 1.94 bits per heavy atom. The van der Waals surface area contributed by atoms with Crippen molar-refractivity contribution in [3.63, 3.8) is 0 Å². The Bertz CT molecular complexity index is 1050. The molecule has 2 aliphatic heterocycles. The second kappa shape index (κ2) is 9.32. The number of hydrogen-bond donors (Lipinski definition) is 3. The van der Waals surface area contributed by atoms with E-state index < -0.39 is 12.1 Å². The van der Waals surface area contributed by atoms with Crippen molar-refractivity contribution in [1.82, 2.24) is 15.2 Å². The number of ether oxygens (including phenoxy) is 1. The lowest BCUT2D eigenvalue weighted by molar-refractivity contribution is -0.120. The van der Waals surface area contributed by atoms with Gasteiger partial charge in [-0.3, -0.25) is 14.5 Å². The summed E-state index contributed by atoms with van der Waals surface area (Å²) in [4.78, 5) is 42.7. The molecular weight excluding hydrogens is 464 g/mol. The monoisotopic (exact) mass is 488 g/mol. The van der Waals surface area contributed by atoms with Crippen LogP contribution >= 0.6 is 23.1 Å². The minimum Gasteiger partial charge on any atom is -0.465 e. The first-order chi connectivity index (χ1) is 16.0. The molecule has 3 atom stereocenters. The maximum absolute atomic E-state index is 12.9. The van der Waals surface area contributed by atoms with Gasteiger partial charge in [0.1, 0.15) is 6.04 Å². The molecule has 0 bridgehead atoms. The van der Waals surface area contributed by atoms with Gasteiger partial charge in [0.15, 0.2) is 5.13 Å². The summed E-state index contributed by atoms with van der Waals surface area (Å²) in [5.41, 5.74) is 2.12. The summed E-state index contributed by atoms with van der Waals surface area (Å²) in [6.07, 6.45) is 1.78. The van der Waals surface area contributed by atoms with Crippen LogP contribution in [0, 0.1) is 5.92 Å². The fraction of sp³-hybridized carbons (Fsp3) is 0.455. The molecule has 174 valence electrons. The summed E-state index contributed by atoms with van der Waals surface area (Å²) in [7, 11) is 0. The first kappa shape index (κ1) is 22.2. The van der Waals surface area contributed by atoms with E-state index in [0.717, 1.165) is 24.8 Å². The smallest absolute Gasteiger partial charge is 0.408 e. The van der Waals surface area contributed by atoms with Crippen molar-refractivity contribution >= 4 is 46.1 Å². The van der Waals surface area contributed by atoms with Gasteiger partial charge in [-0.05, 0) is 31.4 Å². The van der Waals surface area contributed by atoms with Crippen LogP contribution in [0.3, 0.4) is 0 Å². The van der Waals surface area contributed by atoms with Crippen molar-refractivity contribution in [2.45, 2.75) is 36.7 Å². The summed E-state index contributed by atoms with van der Waals surface area (Å²) >= 11 is 2.77. The predicted molar refractivity (Wildman–Crippen MR) is 125 cm³/mol. The fourth-order valence-electron chi connectivity index (χ4n) is 4.05. The van der Waals surface area contributed by atoms with Gasteiger partial charge in [0.05, 0.1) is 17.7 Å². The predicted octanol–water partition coefficient (Wildman–Crippen LogP) is 3.10. The number of aromatic nitrogens is 1. The molecule has 5 rings (SSSR count). The van der Waals surface area contributed by atoms with Gasteiger partial charge in [-0.15, -0.1) is 23.1 Å². The van der Waals surface area contributed by atoms with Gasteiger partial charge in [0.25, 0.3) is 5.91 Å². The van der Waals surface area contributed by atoms with Crippen LogP contribution in [0.2, 0.25) is 0 Å². The third kappa shape index (κ3) is 4.85. The van der Waals surface area contributed by atoms with E-state index in [1.165, 1.54) is 28.0 Å². The number of carbonyl (C=O) groups is 3. The molecule has 3 aliphatic rings. The molecule has 2 saturated heterocycles. The average Bonchev–Trinajstić information content (AvgIpc) is 3.22. The highest BCUT2D eigenvalue weighted by Gasteiger charge is 2.46. The van der Waals surface area contributed by atoms with Crippen molar-refractivity contribution in [3.8, 4) is 11.3 Å². The topological polar surface area (TPSA) is 121 Å². The van der Waals surface area contributed by atoms with Crippen LogP contribution in [0.4, 0.5) is 9.93 Å². The molecule has 11 heteroatoms. The number of rotatable bonds is 6. The normalized spacial score (nSPS) is 24.6. The van der Waals surface area contributed by atoms with E-state index in [9.17, 15) is 19.5 Å². The van der Waals surface area contributed by atoms with Gasteiger partial charge in [-0.2, -0.15) is 0 Å². The maximum Gasteiger partial charge on any atom is 0.408 e. The SMILES string of the molecule is O=C(NC1CC1)c1ccc(-c2csc(NC(=O)C3CSC(C4CCOC4)N3C(=O)O)n2)cc1. The lowest BCUT2D eigenvalue weighted by Crippen LogP contribution is -2.49. The number of amides is 3. The molecule has 33 heavy (non-hydrogen) atoms. The number of benzene rings is 1. The highest BCUT2D eigenvalue weighted by atomic mass is 32.2. The standard InChI is InChI=1S/C22H24N4O5S2/c27-18(23-15-5-6-15)13-3-1-12(2-4-13)16-10-33-21(24-16)25-19(28)17-11-32-20(26(17)22(29)30)14-7-8-31-9-14/h1-4,10,14-15,17,20H,5-9,11H2,(H,23,27)(H,29,30)(H,24,25,28). The van der Waals surface area contributed by atoms with Gasteiger partial charge in [0, 0.05) is 40.8 Å². The molecule has 3 amide bonds. The number of hydrogen-bond acceptors (Lipinski definition) is 7. The van der Waals surface area contributed by atoms with Gasteiger partial charge in [-0.1, -0.05) is 12.1 Å². The third-order valence-electron chi connectivity index (χ3n) is 6.02. The number of anilines is 1. The third-order valence-corrected chi connectivity index (χ3v) is 8.24. The molecule has 3 unspecified atom stereocenters. The zero-order valence-corrected chi connectivity index (χ0v) is 19.4. The van der Waals surface area contributed by atoms with Crippen LogP contribution in [0.5, 0.6) is 0 Å². The molecule has 0 radical (unpaired) electrons. The molecule has 2 aromatic rings. The molecule has 3 fully saturated rings. The Morgan fingerprint density at radius 1 is 1.15 bits per heavy atom. The zero-order chi connectivity index (χ0) is 22.9. The summed E-state index contributed by atoms with van der Waals surface area (Å²) in [5.74, 6) is 0.0567. The quantitative estimate of drug-likeness (QED) is 0.571. The van der Waals surface area contributed by atoms with E-state index in [2.05, 4.69) is 15.6 Å². The van der Waals surface area contributed by atoms with Crippen LogP contribution in [0.25, 0.3) is 11.3 Å². The van der Waals surface area contributed by atoms with E-state index >= 15 is 0 Å². The van der Waals surface area contributed by atoms with Gasteiger partial charge in [-0.25, -0.2) is 9.78 Å². The number of carboxylic acid groups (broad SMARTS) is 1. The minimum absolute atomic E-state index is 0.0739. The van der Waals surface area contributed by atoms with Crippen LogP contribution < -0.4 is 10.6 Å². The number of thiazole rings is 1. The summed E-state index contributed by atoms with van der Waals surface area (Å²) < 4.78 is 5.41. The van der Waals surface area contributed by atoms with E-state index in [1.54, 1.807) is 12.1 Å². The second-order valence-electron chi connectivity index (χ2n) is 8.41. The molecule has 1 aromatic carbocycles. The molecule has 1 aliphatic carbocycles. The second-order valence-corrected chi connectivity index (χ2v) is 10.4. The molecule has 3 heterocycles. The summed E-state index contributed by atoms with van der Waals surface area (Å²) in [5, 5.41) is 17.4. The Labute approximate surface area is 198 Å². The van der Waals surface area contributed by atoms with Gasteiger partial charge < -0.3 is 20.5 Å². The number of nitrogens with one attached hydrogen (secondary N) is 2. The van der Waals surface area contributed by atoms with Crippen molar-refractivity contribution in [3.05, 3.63) is 35.2 Å². The first-order valence-electron chi connectivity index (χ1n) is 10.9. The fourth-order valence-corrected chi connectivity index (χ4v) is 6.35. The Balaban J connectivity index is 1.23. The summed E-state index contributed by atoms with van der Waals surface area (Å²) in [6, 6.07) is 6.72. The lowest BCUT2D eigenvalue weighted by Gasteiger charge is -2.28. The molecule has 9 nitrogen and oxygen atoms in total. The average molecular weight is 489 g/mol. The number of thioether (sulfide) groups is 1. The lowest BCUT2D eigenvalue weighted by atomic mass is 10.1. The first-order valence-corrected chi connectivity index (χ1v) is 12.8. The van der Waals surface area contributed by atoms with E-state index in [1.807, 2.05) is 17.5 Å². The largest absolute Gasteiger partial charge is 0.465 e. The van der Waals surface area contributed by atoms with Gasteiger partial charge in [0.2, 0.25) is 5.91 Å². The maximum atomic E-state index is 12.9. The molecule has 3 N–H and O–H groups in total. The van der Waals surface area contributed by atoms with Crippen molar-refractivity contribution < 1.29 is 24.2 Å². The Hall–Kier alpha value is -2.63. The Kier molecular flexibility index (Phi) is 6.26. The van der Waals surface area contributed by atoms with Crippen LogP contribution in [0.15, 0.2) is 29.6 Å². The minimum atomic E-state index is -1.09. The van der Waals surface area contributed by atoms with E-state index in [0.29, 0.717) is 41.4 Å². The highest BCUT2D eigenvalue weighted by Crippen LogP contribution is 2.38. The number of nitrogens with zero attached hydrogens (tertiary/aromatic N) is 2. The Morgan fingerprint density at radius 3 is 2.61 bits per heavy atom. The van der Waals surface area contributed by atoms with Crippen molar-refractivity contribution in [1.29, 1.82) is 0 Å². The molecule has 0 spiro atoms. The van der Waals surface area contributed by atoms with Crippen molar-refractivity contribution in [2.75, 3.05) is 24.3 Å². The van der Waals surface area contributed by atoms with E-state index in [4.69, 9.17) is 4.74 Å². The molecule has 1 aromatic heterocycles.